The Bertz CT molecular complexity index is 462. The second kappa shape index (κ2) is 5.61. The molecule has 1 aromatic carbocycles. The van der Waals surface area contributed by atoms with Crippen LogP contribution in [0.15, 0.2) is 24.3 Å². The van der Waals surface area contributed by atoms with Crippen molar-refractivity contribution >= 4 is 17.3 Å². The molecule has 0 radical (unpaired) electrons. The van der Waals surface area contributed by atoms with Crippen molar-refractivity contribution in [1.82, 2.24) is 0 Å². The van der Waals surface area contributed by atoms with Crippen molar-refractivity contribution < 1.29 is 9.72 Å². The number of hydrogen-bond donors (Lipinski definition) is 1. The average Bonchev–Trinajstić information content (AvgIpc) is 2.31. The van der Waals surface area contributed by atoms with E-state index in [2.05, 4.69) is 5.32 Å². The topological polar surface area (TPSA) is 96.0 Å². The van der Waals surface area contributed by atoms with E-state index in [9.17, 15) is 14.9 Å². The van der Waals surface area contributed by atoms with Gasteiger partial charge in [0, 0.05) is 17.8 Å². The third-order valence-corrected chi connectivity index (χ3v) is 2.23. The van der Waals surface area contributed by atoms with Crippen LogP contribution in [0.1, 0.15) is 13.3 Å². The maximum atomic E-state index is 11.5. The van der Waals surface area contributed by atoms with Crippen molar-refractivity contribution in [3.05, 3.63) is 34.4 Å². The summed E-state index contributed by atoms with van der Waals surface area (Å²) in [6.45, 7) is 1.74. The van der Waals surface area contributed by atoms with Crippen LogP contribution in [0.25, 0.3) is 0 Å². The zero-order valence-electron chi connectivity index (χ0n) is 9.21. The van der Waals surface area contributed by atoms with Gasteiger partial charge in [0.15, 0.2) is 0 Å². The van der Waals surface area contributed by atoms with Gasteiger partial charge in [-0.1, -0.05) is 6.92 Å². The third kappa shape index (κ3) is 3.28. The SMILES string of the molecule is CCC(C#N)C(=O)Nc1ccc([N+](=O)[O-])cc1. The minimum atomic E-state index is -0.704. The number of nitrogens with zero attached hydrogens (tertiary/aromatic N) is 2. The molecule has 0 aromatic heterocycles. The standard InChI is InChI=1S/C11H11N3O3/c1-2-8(7-12)11(15)13-9-3-5-10(6-4-9)14(16)17/h3-6,8H,2H2,1H3,(H,13,15). The number of amides is 1. The lowest BCUT2D eigenvalue weighted by Gasteiger charge is -2.07. The van der Waals surface area contributed by atoms with Crippen molar-refractivity contribution in [3.63, 3.8) is 0 Å². The fourth-order valence-electron chi connectivity index (χ4n) is 1.23. The zero-order valence-corrected chi connectivity index (χ0v) is 9.21. The highest BCUT2D eigenvalue weighted by molar-refractivity contribution is 5.94. The van der Waals surface area contributed by atoms with Gasteiger partial charge in [-0.25, -0.2) is 0 Å². The van der Waals surface area contributed by atoms with Gasteiger partial charge in [0.25, 0.3) is 5.69 Å². The first kappa shape index (κ1) is 12.6. The maximum absolute atomic E-state index is 11.5. The van der Waals surface area contributed by atoms with Gasteiger partial charge < -0.3 is 5.32 Å². The molecule has 6 heteroatoms. The number of nitro groups is 1. The molecule has 0 heterocycles. The molecule has 0 saturated carbocycles. The number of anilines is 1. The van der Waals surface area contributed by atoms with Gasteiger partial charge in [-0.3, -0.25) is 14.9 Å². The Balaban J connectivity index is 2.73. The molecule has 0 fully saturated rings. The molecular formula is C11H11N3O3. The summed E-state index contributed by atoms with van der Waals surface area (Å²) in [5.41, 5.74) is 0.393. The molecule has 0 aliphatic rings. The Morgan fingerprint density at radius 1 is 1.53 bits per heavy atom. The van der Waals surface area contributed by atoms with Gasteiger partial charge in [-0.2, -0.15) is 5.26 Å². The van der Waals surface area contributed by atoms with Gasteiger partial charge in [0.1, 0.15) is 5.92 Å². The van der Waals surface area contributed by atoms with E-state index in [4.69, 9.17) is 5.26 Å². The van der Waals surface area contributed by atoms with E-state index >= 15 is 0 Å². The molecular weight excluding hydrogens is 222 g/mol. The van der Waals surface area contributed by atoms with Gasteiger partial charge in [0.05, 0.1) is 11.0 Å². The molecule has 0 aliphatic carbocycles. The van der Waals surface area contributed by atoms with E-state index < -0.39 is 16.7 Å². The highest BCUT2D eigenvalue weighted by Crippen LogP contribution is 2.16. The molecule has 0 aliphatic heterocycles. The van der Waals surface area contributed by atoms with Gasteiger partial charge in [0.2, 0.25) is 5.91 Å². The summed E-state index contributed by atoms with van der Waals surface area (Å²) in [6.07, 6.45) is 0.426. The van der Waals surface area contributed by atoms with Crippen LogP contribution in [-0.4, -0.2) is 10.8 Å². The predicted octanol–water partition coefficient (Wildman–Crippen LogP) is 2.08. The smallest absolute Gasteiger partial charge is 0.269 e. The molecule has 1 aromatic rings. The number of nitrogens with one attached hydrogen (secondary N) is 1. The summed E-state index contributed by atoms with van der Waals surface area (Å²) in [6, 6.07) is 7.33. The summed E-state index contributed by atoms with van der Waals surface area (Å²) in [5.74, 6) is -1.10. The minimum absolute atomic E-state index is 0.0460. The largest absolute Gasteiger partial charge is 0.325 e. The summed E-state index contributed by atoms with van der Waals surface area (Å²) in [5, 5.41) is 21.6. The zero-order chi connectivity index (χ0) is 12.8. The lowest BCUT2D eigenvalue weighted by Crippen LogP contribution is -2.20. The van der Waals surface area contributed by atoms with Crippen LogP contribution < -0.4 is 5.32 Å². The van der Waals surface area contributed by atoms with Gasteiger partial charge >= 0.3 is 0 Å². The summed E-state index contributed by atoms with van der Waals surface area (Å²) in [7, 11) is 0. The van der Waals surface area contributed by atoms with Crippen LogP contribution in [0.2, 0.25) is 0 Å². The lowest BCUT2D eigenvalue weighted by atomic mass is 10.1. The highest BCUT2D eigenvalue weighted by Gasteiger charge is 2.15. The number of carbonyl (C=O) groups is 1. The van der Waals surface area contributed by atoms with Gasteiger partial charge in [-0.05, 0) is 18.6 Å². The first-order valence-electron chi connectivity index (χ1n) is 5.03. The van der Waals surface area contributed by atoms with Crippen molar-refractivity contribution in [2.45, 2.75) is 13.3 Å². The number of hydrogen-bond acceptors (Lipinski definition) is 4. The fourth-order valence-corrected chi connectivity index (χ4v) is 1.23. The Labute approximate surface area is 98.0 Å². The molecule has 1 N–H and O–H groups in total. The molecule has 6 nitrogen and oxygen atoms in total. The average molecular weight is 233 g/mol. The normalized spacial score (nSPS) is 11.3. The van der Waals surface area contributed by atoms with Crippen molar-refractivity contribution in [3.8, 4) is 6.07 Å². The van der Waals surface area contributed by atoms with E-state index in [1.807, 2.05) is 6.07 Å². The second-order valence-corrected chi connectivity index (χ2v) is 3.38. The third-order valence-electron chi connectivity index (χ3n) is 2.23. The van der Waals surface area contributed by atoms with E-state index in [0.717, 1.165) is 0 Å². The predicted molar refractivity (Wildman–Crippen MR) is 61.1 cm³/mol. The molecule has 1 amide bonds. The van der Waals surface area contributed by atoms with E-state index in [1.165, 1.54) is 24.3 Å². The Hall–Kier alpha value is -2.42. The van der Waals surface area contributed by atoms with E-state index in [0.29, 0.717) is 12.1 Å². The number of carbonyl (C=O) groups excluding carboxylic acids is 1. The van der Waals surface area contributed by atoms with E-state index in [-0.39, 0.29) is 5.69 Å². The Morgan fingerprint density at radius 3 is 2.53 bits per heavy atom. The highest BCUT2D eigenvalue weighted by atomic mass is 16.6. The van der Waals surface area contributed by atoms with Crippen LogP contribution in [0.4, 0.5) is 11.4 Å². The maximum Gasteiger partial charge on any atom is 0.269 e. The number of nitriles is 1. The number of nitro benzene ring substituents is 1. The van der Waals surface area contributed by atoms with Crippen LogP contribution in [0.5, 0.6) is 0 Å². The van der Waals surface area contributed by atoms with Crippen LogP contribution in [0.3, 0.4) is 0 Å². The monoisotopic (exact) mass is 233 g/mol. The van der Waals surface area contributed by atoms with Crippen LogP contribution in [-0.2, 0) is 4.79 Å². The van der Waals surface area contributed by atoms with Crippen LogP contribution in [0, 0.1) is 27.4 Å². The van der Waals surface area contributed by atoms with Gasteiger partial charge in [-0.15, -0.1) is 0 Å². The molecule has 1 rings (SSSR count). The van der Waals surface area contributed by atoms with Crippen molar-refractivity contribution in [2.24, 2.45) is 5.92 Å². The molecule has 1 atom stereocenters. The summed E-state index contributed by atoms with van der Waals surface area (Å²) in [4.78, 5) is 21.4. The molecule has 0 saturated heterocycles. The molecule has 88 valence electrons. The van der Waals surface area contributed by atoms with Crippen LogP contribution >= 0.6 is 0 Å². The minimum Gasteiger partial charge on any atom is -0.325 e. The molecule has 17 heavy (non-hydrogen) atoms. The van der Waals surface area contributed by atoms with E-state index in [1.54, 1.807) is 6.92 Å². The Morgan fingerprint density at radius 2 is 2.12 bits per heavy atom. The van der Waals surface area contributed by atoms with Crippen molar-refractivity contribution in [2.75, 3.05) is 5.32 Å². The lowest BCUT2D eigenvalue weighted by molar-refractivity contribution is -0.384. The van der Waals surface area contributed by atoms with Crippen molar-refractivity contribution in [1.29, 1.82) is 5.26 Å². The number of non-ortho nitro benzene ring substituents is 1. The quantitative estimate of drug-likeness (QED) is 0.636. The fraction of sp³-hybridized carbons (Fsp3) is 0.273. The summed E-state index contributed by atoms with van der Waals surface area (Å²) < 4.78 is 0. The first-order valence-corrected chi connectivity index (χ1v) is 5.03. The first-order chi connectivity index (χ1) is 8.08. The Kier molecular flexibility index (Phi) is 4.17. The number of benzene rings is 1. The molecule has 1 unspecified atom stereocenters. The summed E-state index contributed by atoms with van der Waals surface area (Å²) >= 11 is 0. The molecule has 0 bridgehead atoms. The number of rotatable bonds is 4. The molecule has 0 spiro atoms. The second-order valence-electron chi connectivity index (χ2n) is 3.38.